The molecule has 66 valence electrons. The number of aromatic nitrogens is 1. The van der Waals surface area contributed by atoms with Crippen molar-refractivity contribution in [3.8, 4) is 0 Å². The van der Waals surface area contributed by atoms with E-state index >= 15 is 0 Å². The van der Waals surface area contributed by atoms with Gasteiger partial charge in [0.2, 0.25) is 0 Å². The van der Waals surface area contributed by atoms with Crippen LogP contribution >= 0.6 is 11.6 Å². The number of fused-ring (bicyclic) bond motifs is 1. The average molecular weight is 196 g/mol. The predicted molar refractivity (Wildman–Crippen MR) is 51.4 cm³/mol. The van der Waals surface area contributed by atoms with Gasteiger partial charge in [-0.1, -0.05) is 17.7 Å². The Balaban J connectivity index is 3.00. The predicted octanol–water partition coefficient (Wildman–Crippen LogP) is 3.34. The normalized spacial score (nSPS) is 10.7. The largest absolute Gasteiger partial charge is 0.244 e. The maximum Gasteiger partial charge on any atom is 0.139 e. The summed E-state index contributed by atoms with van der Waals surface area (Å²) >= 11 is 5.78. The van der Waals surface area contributed by atoms with Gasteiger partial charge in [-0.3, -0.25) is 0 Å². The molecule has 0 fully saturated rings. The van der Waals surface area contributed by atoms with E-state index in [1.807, 2.05) is 6.92 Å². The molecule has 2 rings (SSSR count). The number of aryl methyl sites for hydroxylation is 1. The summed E-state index contributed by atoms with van der Waals surface area (Å²) in [7, 11) is 0. The van der Waals surface area contributed by atoms with Gasteiger partial charge in [-0.2, -0.15) is 0 Å². The summed E-state index contributed by atoms with van der Waals surface area (Å²) in [6, 6.07) is 4.90. The Hall–Kier alpha value is -1.15. The average Bonchev–Trinajstić information content (AvgIpc) is 2.12. The molecule has 13 heavy (non-hydrogen) atoms. The molecule has 0 saturated heterocycles. The van der Waals surface area contributed by atoms with Crippen molar-refractivity contribution in [2.24, 2.45) is 0 Å². The zero-order chi connectivity index (χ0) is 9.42. The van der Waals surface area contributed by atoms with E-state index in [0.29, 0.717) is 5.39 Å². The highest BCUT2D eigenvalue weighted by Gasteiger charge is 2.06. The van der Waals surface area contributed by atoms with E-state index in [-0.39, 0.29) is 11.0 Å². The molecular weight excluding hydrogens is 189 g/mol. The van der Waals surface area contributed by atoms with Crippen molar-refractivity contribution in [3.05, 3.63) is 40.9 Å². The number of nitrogens with zero attached hydrogens (tertiary/aromatic N) is 1. The SMILES string of the molecule is Cc1ccc(F)c2c(Cl)nccc12. The molecule has 0 atom stereocenters. The van der Waals surface area contributed by atoms with E-state index in [4.69, 9.17) is 11.6 Å². The summed E-state index contributed by atoms with van der Waals surface area (Å²) in [5.41, 5.74) is 1.00. The number of halogens is 2. The number of hydrogen-bond donors (Lipinski definition) is 0. The van der Waals surface area contributed by atoms with Gasteiger partial charge in [-0.15, -0.1) is 0 Å². The molecule has 0 aliphatic rings. The fourth-order valence-corrected chi connectivity index (χ4v) is 1.61. The van der Waals surface area contributed by atoms with Crippen molar-refractivity contribution in [2.45, 2.75) is 6.92 Å². The highest BCUT2D eigenvalue weighted by atomic mass is 35.5. The second-order valence-corrected chi connectivity index (χ2v) is 3.25. The topological polar surface area (TPSA) is 12.9 Å². The van der Waals surface area contributed by atoms with Crippen molar-refractivity contribution in [1.29, 1.82) is 0 Å². The van der Waals surface area contributed by atoms with Crippen LogP contribution in [0.2, 0.25) is 5.15 Å². The maximum absolute atomic E-state index is 13.3. The first-order valence-corrected chi connectivity index (χ1v) is 4.27. The van der Waals surface area contributed by atoms with E-state index in [0.717, 1.165) is 10.9 Å². The van der Waals surface area contributed by atoms with Crippen molar-refractivity contribution < 1.29 is 4.39 Å². The van der Waals surface area contributed by atoms with Crippen LogP contribution in [0.3, 0.4) is 0 Å². The smallest absolute Gasteiger partial charge is 0.139 e. The Labute approximate surface area is 80.2 Å². The summed E-state index contributed by atoms with van der Waals surface area (Å²) in [5, 5.41) is 1.45. The third-order valence-corrected chi connectivity index (χ3v) is 2.33. The van der Waals surface area contributed by atoms with Gasteiger partial charge >= 0.3 is 0 Å². The quantitative estimate of drug-likeness (QED) is 0.588. The van der Waals surface area contributed by atoms with Crippen LogP contribution in [0.4, 0.5) is 4.39 Å². The lowest BCUT2D eigenvalue weighted by Gasteiger charge is -2.03. The molecule has 0 radical (unpaired) electrons. The van der Waals surface area contributed by atoms with Crippen LogP contribution in [-0.4, -0.2) is 4.98 Å². The summed E-state index contributed by atoms with van der Waals surface area (Å²) in [5.74, 6) is -0.321. The molecule has 0 saturated carbocycles. The van der Waals surface area contributed by atoms with Gasteiger partial charge in [0.25, 0.3) is 0 Å². The lowest BCUT2D eigenvalue weighted by atomic mass is 10.1. The minimum absolute atomic E-state index is 0.221. The van der Waals surface area contributed by atoms with Gasteiger partial charge in [0, 0.05) is 6.20 Å². The summed E-state index contributed by atoms with van der Waals surface area (Å²) in [4.78, 5) is 3.83. The van der Waals surface area contributed by atoms with Crippen molar-refractivity contribution >= 4 is 22.4 Å². The van der Waals surface area contributed by atoms with E-state index in [1.165, 1.54) is 6.07 Å². The number of hydrogen-bond acceptors (Lipinski definition) is 1. The fraction of sp³-hybridized carbons (Fsp3) is 0.100. The molecular formula is C10H7ClFN. The van der Waals surface area contributed by atoms with Gasteiger partial charge in [0.15, 0.2) is 0 Å². The zero-order valence-corrected chi connectivity index (χ0v) is 7.77. The molecule has 0 spiro atoms. The Morgan fingerprint density at radius 3 is 2.77 bits per heavy atom. The molecule has 0 N–H and O–H groups in total. The third kappa shape index (κ3) is 1.27. The second-order valence-electron chi connectivity index (χ2n) is 2.89. The van der Waals surface area contributed by atoms with Crippen LogP contribution < -0.4 is 0 Å². The maximum atomic E-state index is 13.3. The summed E-state index contributed by atoms with van der Waals surface area (Å²) in [6.07, 6.45) is 1.58. The first-order valence-electron chi connectivity index (χ1n) is 3.89. The zero-order valence-electron chi connectivity index (χ0n) is 7.01. The van der Waals surface area contributed by atoms with E-state index in [9.17, 15) is 4.39 Å². The molecule has 0 aliphatic heterocycles. The molecule has 0 unspecified atom stereocenters. The number of pyridine rings is 1. The molecule has 1 aromatic carbocycles. The van der Waals surface area contributed by atoms with Gasteiger partial charge in [0.05, 0.1) is 5.39 Å². The first-order chi connectivity index (χ1) is 6.20. The lowest BCUT2D eigenvalue weighted by Crippen LogP contribution is -1.86. The van der Waals surface area contributed by atoms with E-state index in [1.54, 1.807) is 18.3 Å². The Morgan fingerprint density at radius 1 is 1.31 bits per heavy atom. The van der Waals surface area contributed by atoms with Crippen LogP contribution in [0.15, 0.2) is 24.4 Å². The van der Waals surface area contributed by atoms with E-state index < -0.39 is 0 Å². The molecule has 3 heteroatoms. The van der Waals surface area contributed by atoms with Crippen molar-refractivity contribution in [2.75, 3.05) is 0 Å². The Bertz CT molecular complexity index is 459. The number of benzene rings is 1. The van der Waals surface area contributed by atoms with Crippen LogP contribution in [-0.2, 0) is 0 Å². The minimum Gasteiger partial charge on any atom is -0.244 e. The fourth-order valence-electron chi connectivity index (χ4n) is 1.36. The highest BCUT2D eigenvalue weighted by Crippen LogP contribution is 2.26. The first kappa shape index (κ1) is 8.45. The third-order valence-electron chi connectivity index (χ3n) is 2.05. The highest BCUT2D eigenvalue weighted by molar-refractivity contribution is 6.34. The van der Waals surface area contributed by atoms with Crippen LogP contribution in [0, 0.1) is 12.7 Å². The number of rotatable bonds is 0. The molecule has 0 aliphatic carbocycles. The van der Waals surface area contributed by atoms with Crippen LogP contribution in [0.1, 0.15) is 5.56 Å². The van der Waals surface area contributed by atoms with Gasteiger partial charge in [-0.05, 0) is 30.0 Å². The second kappa shape index (κ2) is 2.96. The minimum atomic E-state index is -0.321. The van der Waals surface area contributed by atoms with Gasteiger partial charge in [0.1, 0.15) is 11.0 Å². The van der Waals surface area contributed by atoms with Gasteiger partial charge < -0.3 is 0 Å². The van der Waals surface area contributed by atoms with Crippen molar-refractivity contribution in [3.63, 3.8) is 0 Å². The summed E-state index contributed by atoms with van der Waals surface area (Å²) < 4.78 is 13.3. The van der Waals surface area contributed by atoms with Gasteiger partial charge in [-0.25, -0.2) is 9.37 Å². The Kier molecular flexibility index (Phi) is 1.93. The molecule has 0 amide bonds. The monoisotopic (exact) mass is 195 g/mol. The molecule has 2 aromatic rings. The van der Waals surface area contributed by atoms with E-state index in [2.05, 4.69) is 4.98 Å². The Morgan fingerprint density at radius 2 is 2.08 bits per heavy atom. The lowest BCUT2D eigenvalue weighted by molar-refractivity contribution is 0.639. The molecule has 1 nitrogen and oxygen atoms in total. The standard InChI is InChI=1S/C10H7ClFN/c1-6-2-3-8(12)9-7(6)4-5-13-10(9)11/h2-5H,1H3. The van der Waals surface area contributed by atoms with Crippen molar-refractivity contribution in [1.82, 2.24) is 4.98 Å². The molecule has 0 bridgehead atoms. The molecule has 1 heterocycles. The summed E-state index contributed by atoms with van der Waals surface area (Å²) in [6.45, 7) is 1.91. The molecule has 1 aromatic heterocycles. The van der Waals surface area contributed by atoms with Crippen LogP contribution in [0.5, 0.6) is 0 Å². The van der Waals surface area contributed by atoms with Crippen LogP contribution in [0.25, 0.3) is 10.8 Å².